The van der Waals surface area contributed by atoms with E-state index >= 15 is 0 Å². The highest BCUT2D eigenvalue weighted by Gasteiger charge is 2.29. The summed E-state index contributed by atoms with van der Waals surface area (Å²) in [6.07, 6.45) is 3.05. The van der Waals surface area contributed by atoms with Gasteiger partial charge in [-0.05, 0) is 36.4 Å². The summed E-state index contributed by atoms with van der Waals surface area (Å²) >= 11 is 0. The smallest absolute Gasteiger partial charge is 0.243 e. The number of aromatic nitrogens is 5. The average molecular weight is 481 g/mol. The fourth-order valence-corrected chi connectivity index (χ4v) is 5.07. The van der Waals surface area contributed by atoms with Crippen LogP contribution in [0.25, 0.3) is 5.82 Å². The van der Waals surface area contributed by atoms with Crippen molar-refractivity contribution in [3.05, 3.63) is 79.1 Å². The van der Waals surface area contributed by atoms with Crippen LogP contribution < -0.4 is 10.2 Å². The molecule has 5 rings (SSSR count). The van der Waals surface area contributed by atoms with E-state index in [4.69, 9.17) is 0 Å². The van der Waals surface area contributed by atoms with Crippen LogP contribution in [0.15, 0.2) is 78.2 Å². The minimum atomic E-state index is -3.56. The van der Waals surface area contributed by atoms with Gasteiger partial charge in [0, 0.05) is 37.9 Å². The summed E-state index contributed by atoms with van der Waals surface area (Å²) in [5, 5.41) is 10.8. The largest absolute Gasteiger partial charge is 0.340 e. The SMILES string of the molecule is O=S(=O)(c1ccccc1)N1CCN(c2nc(Nc3ccc(F)cc3)cc(-n3cnnc3)n2)CC1. The van der Waals surface area contributed by atoms with Gasteiger partial charge in [-0.1, -0.05) is 18.2 Å². The van der Waals surface area contributed by atoms with Crippen LogP contribution in [0.3, 0.4) is 0 Å². The molecular formula is C22H21FN8O2S. The molecule has 1 aliphatic heterocycles. The number of piperazine rings is 1. The molecule has 2 aromatic heterocycles. The van der Waals surface area contributed by atoms with Gasteiger partial charge in [-0.25, -0.2) is 12.8 Å². The van der Waals surface area contributed by atoms with Crippen LogP contribution in [0.2, 0.25) is 0 Å². The van der Waals surface area contributed by atoms with E-state index in [0.717, 1.165) is 0 Å². The van der Waals surface area contributed by atoms with Crippen molar-refractivity contribution in [2.45, 2.75) is 4.90 Å². The van der Waals surface area contributed by atoms with E-state index in [-0.39, 0.29) is 10.7 Å². The molecule has 1 saturated heterocycles. The lowest BCUT2D eigenvalue weighted by Crippen LogP contribution is -2.49. The van der Waals surface area contributed by atoms with Crippen molar-refractivity contribution in [2.75, 3.05) is 36.4 Å². The molecule has 2 aromatic carbocycles. The number of nitrogens with one attached hydrogen (secondary N) is 1. The molecule has 174 valence electrons. The molecule has 0 aliphatic carbocycles. The van der Waals surface area contributed by atoms with Gasteiger partial charge in [0.05, 0.1) is 4.90 Å². The average Bonchev–Trinajstić information content (AvgIpc) is 3.41. The van der Waals surface area contributed by atoms with Crippen LogP contribution in [0.1, 0.15) is 0 Å². The highest BCUT2D eigenvalue weighted by atomic mass is 32.2. The maximum atomic E-state index is 13.3. The van der Waals surface area contributed by atoms with Gasteiger partial charge in [-0.2, -0.15) is 14.3 Å². The number of benzene rings is 2. The zero-order valence-electron chi connectivity index (χ0n) is 18.0. The second kappa shape index (κ2) is 9.15. The van der Waals surface area contributed by atoms with Crippen LogP contribution in [0.5, 0.6) is 0 Å². The third kappa shape index (κ3) is 4.58. The van der Waals surface area contributed by atoms with E-state index in [1.54, 1.807) is 53.1 Å². The first-order chi connectivity index (χ1) is 16.5. The summed E-state index contributed by atoms with van der Waals surface area (Å²) in [5.74, 6) is 1.15. The van der Waals surface area contributed by atoms with Crippen LogP contribution >= 0.6 is 0 Å². The monoisotopic (exact) mass is 480 g/mol. The van der Waals surface area contributed by atoms with Gasteiger partial charge in [0.2, 0.25) is 16.0 Å². The molecule has 3 heterocycles. The maximum absolute atomic E-state index is 13.3. The van der Waals surface area contributed by atoms with Crippen molar-refractivity contribution >= 4 is 27.5 Å². The summed E-state index contributed by atoms with van der Waals surface area (Å²) in [7, 11) is -3.56. The Labute approximate surface area is 195 Å². The molecule has 0 unspecified atom stereocenters. The Morgan fingerprint density at radius 1 is 0.853 bits per heavy atom. The van der Waals surface area contributed by atoms with Crippen LogP contribution in [-0.2, 0) is 10.0 Å². The first-order valence-electron chi connectivity index (χ1n) is 10.6. The molecule has 1 N–H and O–H groups in total. The van der Waals surface area contributed by atoms with E-state index < -0.39 is 10.0 Å². The zero-order chi connectivity index (χ0) is 23.5. The quantitative estimate of drug-likeness (QED) is 0.448. The van der Waals surface area contributed by atoms with Crippen molar-refractivity contribution in [1.82, 2.24) is 29.0 Å². The summed E-state index contributed by atoms with van der Waals surface area (Å²) in [4.78, 5) is 11.5. The van der Waals surface area contributed by atoms with Crippen LogP contribution in [0, 0.1) is 5.82 Å². The van der Waals surface area contributed by atoms with E-state index in [1.165, 1.54) is 29.1 Å². The van der Waals surface area contributed by atoms with Crippen molar-refractivity contribution in [1.29, 1.82) is 0 Å². The molecule has 0 bridgehead atoms. The Morgan fingerprint density at radius 3 is 2.21 bits per heavy atom. The van der Waals surface area contributed by atoms with Gasteiger partial charge in [-0.15, -0.1) is 10.2 Å². The molecule has 0 saturated carbocycles. The lowest BCUT2D eigenvalue weighted by Gasteiger charge is -2.34. The summed E-state index contributed by atoms with van der Waals surface area (Å²) < 4.78 is 42.3. The Morgan fingerprint density at radius 2 is 1.53 bits per heavy atom. The predicted molar refractivity (Wildman–Crippen MR) is 124 cm³/mol. The number of halogens is 1. The molecule has 0 amide bonds. The molecule has 10 nitrogen and oxygen atoms in total. The van der Waals surface area contributed by atoms with E-state index in [1.807, 2.05) is 4.90 Å². The molecule has 0 atom stereocenters. The van der Waals surface area contributed by atoms with Gasteiger partial charge < -0.3 is 10.2 Å². The normalized spacial score (nSPS) is 14.8. The number of anilines is 3. The van der Waals surface area contributed by atoms with Crippen molar-refractivity contribution in [3.8, 4) is 5.82 Å². The number of hydrogen-bond donors (Lipinski definition) is 1. The molecule has 12 heteroatoms. The fraction of sp³-hybridized carbons (Fsp3) is 0.182. The standard InChI is InChI=1S/C22H21FN8O2S/c23-17-6-8-18(9-7-17)26-20-14-21(30-15-24-25-16-30)28-22(27-20)29-10-12-31(13-11-29)34(32,33)19-4-2-1-3-5-19/h1-9,14-16H,10-13H2,(H,26,27,28). The van der Waals surface area contributed by atoms with Gasteiger partial charge in [0.15, 0.2) is 0 Å². The van der Waals surface area contributed by atoms with Gasteiger partial charge in [0.25, 0.3) is 0 Å². The zero-order valence-corrected chi connectivity index (χ0v) is 18.8. The van der Waals surface area contributed by atoms with Crippen molar-refractivity contribution in [2.24, 2.45) is 0 Å². The van der Waals surface area contributed by atoms with Crippen LogP contribution in [-0.4, -0.2) is 63.6 Å². The number of nitrogens with zero attached hydrogens (tertiary/aromatic N) is 7. The minimum Gasteiger partial charge on any atom is -0.340 e. The highest BCUT2D eigenvalue weighted by Crippen LogP contribution is 2.23. The van der Waals surface area contributed by atoms with Gasteiger partial charge in [0.1, 0.15) is 30.1 Å². The second-order valence-electron chi connectivity index (χ2n) is 7.62. The Hall–Kier alpha value is -3.90. The number of sulfonamides is 1. The first kappa shape index (κ1) is 21.9. The molecule has 0 spiro atoms. The number of rotatable bonds is 6. The Bertz CT molecular complexity index is 1360. The lowest BCUT2D eigenvalue weighted by molar-refractivity contribution is 0.382. The Balaban J connectivity index is 1.39. The van der Waals surface area contributed by atoms with E-state index in [0.29, 0.717) is 49.5 Å². The molecule has 1 aliphatic rings. The summed E-state index contributed by atoms with van der Waals surface area (Å²) in [6, 6.07) is 16.1. The topological polar surface area (TPSA) is 109 Å². The fourth-order valence-electron chi connectivity index (χ4n) is 3.63. The van der Waals surface area contributed by atoms with Gasteiger partial charge >= 0.3 is 0 Å². The summed E-state index contributed by atoms with van der Waals surface area (Å²) in [5.41, 5.74) is 0.666. The maximum Gasteiger partial charge on any atom is 0.243 e. The molecular weight excluding hydrogens is 459 g/mol. The predicted octanol–water partition coefficient (Wildman–Crippen LogP) is 2.45. The summed E-state index contributed by atoms with van der Waals surface area (Å²) in [6.45, 7) is 1.46. The Kier molecular flexibility index (Phi) is 5.90. The van der Waals surface area contributed by atoms with Crippen LogP contribution in [0.4, 0.5) is 21.8 Å². The molecule has 4 aromatic rings. The van der Waals surface area contributed by atoms with Gasteiger partial charge in [-0.3, -0.25) is 4.57 Å². The molecule has 0 radical (unpaired) electrons. The van der Waals surface area contributed by atoms with Crippen molar-refractivity contribution < 1.29 is 12.8 Å². The minimum absolute atomic E-state index is 0.278. The molecule has 34 heavy (non-hydrogen) atoms. The highest BCUT2D eigenvalue weighted by molar-refractivity contribution is 7.89. The first-order valence-corrected chi connectivity index (χ1v) is 12.0. The third-order valence-corrected chi connectivity index (χ3v) is 7.32. The second-order valence-corrected chi connectivity index (χ2v) is 9.55. The number of hydrogen-bond acceptors (Lipinski definition) is 8. The lowest BCUT2D eigenvalue weighted by atomic mass is 10.3. The van der Waals surface area contributed by atoms with Crippen molar-refractivity contribution in [3.63, 3.8) is 0 Å². The molecule has 1 fully saturated rings. The third-order valence-electron chi connectivity index (χ3n) is 5.40. The van der Waals surface area contributed by atoms with E-state index in [2.05, 4.69) is 25.5 Å². The van der Waals surface area contributed by atoms with E-state index in [9.17, 15) is 12.8 Å².